The quantitative estimate of drug-likeness (QED) is 0.750. The molecule has 5 rings (SSSR count). The van der Waals surface area contributed by atoms with Crippen molar-refractivity contribution in [1.29, 1.82) is 0 Å². The molecule has 0 aromatic carbocycles. The number of amides is 1. The third-order valence-corrected chi connectivity index (χ3v) is 5.53. The van der Waals surface area contributed by atoms with Crippen molar-refractivity contribution in [2.45, 2.75) is 12.8 Å². The van der Waals surface area contributed by atoms with Crippen LogP contribution in [0.15, 0.2) is 36.9 Å². The van der Waals surface area contributed by atoms with Crippen molar-refractivity contribution in [3.05, 3.63) is 36.9 Å². The molecule has 1 aliphatic heterocycles. The smallest absolute Gasteiger partial charge is 0.228 e. The average molecular weight is 377 g/mol. The van der Waals surface area contributed by atoms with Crippen LogP contribution < -0.4 is 15.1 Å². The van der Waals surface area contributed by atoms with E-state index in [0.29, 0.717) is 5.82 Å². The highest BCUT2D eigenvalue weighted by Crippen LogP contribution is 2.30. The van der Waals surface area contributed by atoms with Gasteiger partial charge in [-0.2, -0.15) is 0 Å². The summed E-state index contributed by atoms with van der Waals surface area (Å²) < 4.78 is 2.02. The third-order valence-electron chi connectivity index (χ3n) is 5.53. The SMILES string of the molecule is Cn1ccc2c(N3CCN(c4ccc(NC(=O)C5CC5)nc4)CC3)ncnc21. The van der Waals surface area contributed by atoms with Crippen molar-refractivity contribution < 1.29 is 4.79 Å². The lowest BCUT2D eigenvalue weighted by Crippen LogP contribution is -2.47. The van der Waals surface area contributed by atoms with Crippen LogP contribution in [0.5, 0.6) is 0 Å². The summed E-state index contributed by atoms with van der Waals surface area (Å²) in [6.45, 7) is 3.57. The molecule has 0 radical (unpaired) electrons. The number of aromatic nitrogens is 4. The Morgan fingerprint density at radius 1 is 1.04 bits per heavy atom. The first-order valence-electron chi connectivity index (χ1n) is 9.72. The topological polar surface area (TPSA) is 79.2 Å². The molecule has 0 spiro atoms. The van der Waals surface area contributed by atoms with E-state index in [1.807, 2.05) is 36.1 Å². The molecule has 1 amide bonds. The second-order valence-corrected chi connectivity index (χ2v) is 7.50. The van der Waals surface area contributed by atoms with E-state index in [0.717, 1.165) is 61.6 Å². The van der Waals surface area contributed by atoms with Crippen LogP contribution in [-0.2, 0) is 11.8 Å². The number of hydrogen-bond donors (Lipinski definition) is 1. The minimum Gasteiger partial charge on any atom is -0.367 e. The minimum atomic E-state index is 0.0888. The van der Waals surface area contributed by atoms with Crippen molar-refractivity contribution in [3.8, 4) is 0 Å². The summed E-state index contributed by atoms with van der Waals surface area (Å²) in [4.78, 5) is 29.8. The molecule has 4 heterocycles. The second kappa shape index (κ2) is 6.78. The molecule has 3 aromatic heterocycles. The van der Waals surface area contributed by atoms with Gasteiger partial charge >= 0.3 is 0 Å². The van der Waals surface area contributed by atoms with Crippen molar-refractivity contribution in [3.63, 3.8) is 0 Å². The largest absolute Gasteiger partial charge is 0.367 e. The number of carbonyl (C=O) groups is 1. The Morgan fingerprint density at radius 2 is 1.82 bits per heavy atom. The number of pyridine rings is 1. The summed E-state index contributed by atoms with van der Waals surface area (Å²) in [5, 5.41) is 3.98. The van der Waals surface area contributed by atoms with E-state index in [-0.39, 0.29) is 11.8 Å². The van der Waals surface area contributed by atoms with Crippen LogP contribution in [0.3, 0.4) is 0 Å². The molecule has 0 atom stereocenters. The van der Waals surface area contributed by atoms with Gasteiger partial charge in [-0.15, -0.1) is 0 Å². The molecule has 1 N–H and O–H groups in total. The maximum Gasteiger partial charge on any atom is 0.228 e. The van der Waals surface area contributed by atoms with E-state index in [1.54, 1.807) is 6.33 Å². The van der Waals surface area contributed by atoms with Gasteiger partial charge in [-0.1, -0.05) is 0 Å². The molecular weight excluding hydrogens is 354 g/mol. The Morgan fingerprint density at radius 3 is 2.54 bits per heavy atom. The molecule has 0 bridgehead atoms. The number of hydrogen-bond acceptors (Lipinski definition) is 6. The van der Waals surface area contributed by atoms with Crippen LogP contribution in [0.1, 0.15) is 12.8 Å². The van der Waals surface area contributed by atoms with E-state index in [9.17, 15) is 4.79 Å². The number of anilines is 3. The monoisotopic (exact) mass is 377 g/mol. The lowest BCUT2D eigenvalue weighted by Gasteiger charge is -2.36. The maximum absolute atomic E-state index is 11.8. The average Bonchev–Trinajstić information content (AvgIpc) is 3.52. The lowest BCUT2D eigenvalue weighted by molar-refractivity contribution is -0.117. The minimum absolute atomic E-state index is 0.0888. The van der Waals surface area contributed by atoms with Gasteiger partial charge in [-0.05, 0) is 31.0 Å². The number of fused-ring (bicyclic) bond motifs is 1. The van der Waals surface area contributed by atoms with Crippen LogP contribution in [-0.4, -0.2) is 51.6 Å². The van der Waals surface area contributed by atoms with Crippen LogP contribution >= 0.6 is 0 Å². The van der Waals surface area contributed by atoms with Gasteiger partial charge in [0.25, 0.3) is 0 Å². The number of aryl methyl sites for hydroxylation is 1. The highest BCUT2D eigenvalue weighted by Gasteiger charge is 2.29. The maximum atomic E-state index is 11.8. The van der Waals surface area contributed by atoms with Crippen LogP contribution in [0.25, 0.3) is 11.0 Å². The van der Waals surface area contributed by atoms with E-state index in [1.165, 1.54) is 0 Å². The second-order valence-electron chi connectivity index (χ2n) is 7.50. The zero-order valence-electron chi connectivity index (χ0n) is 15.9. The number of carbonyl (C=O) groups excluding carboxylic acids is 1. The molecule has 1 saturated heterocycles. The predicted octanol–water partition coefficient (Wildman–Crippen LogP) is 2.04. The summed E-state index contributed by atoms with van der Waals surface area (Å²) in [5.41, 5.74) is 2.04. The molecule has 1 aliphatic carbocycles. The molecule has 8 heteroatoms. The Bertz CT molecular complexity index is 1000. The molecule has 2 fully saturated rings. The Labute approximate surface area is 163 Å². The number of rotatable bonds is 4. The normalized spacial score (nSPS) is 17.2. The van der Waals surface area contributed by atoms with Gasteiger partial charge < -0.3 is 19.7 Å². The van der Waals surface area contributed by atoms with Gasteiger partial charge in [-0.3, -0.25) is 4.79 Å². The zero-order chi connectivity index (χ0) is 19.1. The fourth-order valence-corrected chi connectivity index (χ4v) is 3.71. The van der Waals surface area contributed by atoms with Gasteiger partial charge in [0.15, 0.2) is 0 Å². The Kier molecular flexibility index (Phi) is 4.11. The first-order valence-corrected chi connectivity index (χ1v) is 9.72. The molecule has 1 saturated carbocycles. The van der Waals surface area contributed by atoms with Gasteiger partial charge in [-0.25, -0.2) is 15.0 Å². The van der Waals surface area contributed by atoms with Gasteiger partial charge in [0, 0.05) is 45.3 Å². The molecule has 2 aliphatic rings. The third kappa shape index (κ3) is 3.15. The molecule has 0 unspecified atom stereocenters. The zero-order valence-corrected chi connectivity index (χ0v) is 15.9. The summed E-state index contributed by atoms with van der Waals surface area (Å²) in [6, 6.07) is 6.00. The van der Waals surface area contributed by atoms with Crippen LogP contribution in [0.4, 0.5) is 17.3 Å². The van der Waals surface area contributed by atoms with E-state index >= 15 is 0 Å². The number of nitrogens with zero attached hydrogens (tertiary/aromatic N) is 6. The molecule has 28 heavy (non-hydrogen) atoms. The van der Waals surface area contributed by atoms with Gasteiger partial charge in [0.2, 0.25) is 5.91 Å². The van der Waals surface area contributed by atoms with E-state index in [4.69, 9.17) is 0 Å². The van der Waals surface area contributed by atoms with Crippen LogP contribution in [0, 0.1) is 5.92 Å². The van der Waals surface area contributed by atoms with Crippen LogP contribution in [0.2, 0.25) is 0 Å². The van der Waals surface area contributed by atoms with E-state index in [2.05, 4.69) is 36.1 Å². The highest BCUT2D eigenvalue weighted by molar-refractivity contribution is 5.93. The molecule has 8 nitrogen and oxygen atoms in total. The summed E-state index contributed by atoms with van der Waals surface area (Å²) >= 11 is 0. The van der Waals surface area contributed by atoms with Crippen molar-refractivity contribution in [2.24, 2.45) is 13.0 Å². The molecule has 3 aromatic rings. The Balaban J connectivity index is 1.24. The van der Waals surface area contributed by atoms with Gasteiger partial charge in [0.05, 0.1) is 17.3 Å². The first-order chi connectivity index (χ1) is 13.7. The highest BCUT2D eigenvalue weighted by atomic mass is 16.2. The molecular formula is C20H23N7O. The molecule has 144 valence electrons. The Hall–Kier alpha value is -3.16. The van der Waals surface area contributed by atoms with Crippen molar-refractivity contribution in [1.82, 2.24) is 19.5 Å². The first kappa shape index (κ1) is 17.0. The van der Waals surface area contributed by atoms with Crippen molar-refractivity contribution in [2.75, 3.05) is 41.3 Å². The standard InChI is InChI=1S/C20H23N7O/c1-25-7-6-16-18(25)22-13-23-19(16)27-10-8-26(9-11-27)15-4-5-17(21-12-15)24-20(28)14-2-3-14/h4-7,12-14H,2-3,8-11H2,1H3,(H,21,24,28). The predicted molar refractivity (Wildman–Crippen MR) is 109 cm³/mol. The fourth-order valence-electron chi connectivity index (χ4n) is 3.71. The number of nitrogens with one attached hydrogen (secondary N) is 1. The lowest BCUT2D eigenvalue weighted by atomic mass is 10.2. The van der Waals surface area contributed by atoms with E-state index < -0.39 is 0 Å². The summed E-state index contributed by atoms with van der Waals surface area (Å²) in [5.74, 6) is 1.91. The summed E-state index contributed by atoms with van der Waals surface area (Å²) in [7, 11) is 2.00. The fraction of sp³-hybridized carbons (Fsp3) is 0.400. The van der Waals surface area contributed by atoms with Gasteiger partial charge in [0.1, 0.15) is 23.6 Å². The summed E-state index contributed by atoms with van der Waals surface area (Å²) in [6.07, 6.45) is 7.50. The number of piperazine rings is 1. The van der Waals surface area contributed by atoms with Crippen molar-refractivity contribution >= 4 is 34.3 Å².